The summed E-state index contributed by atoms with van der Waals surface area (Å²) in [6, 6.07) is 0.821. The molecule has 0 radical (unpaired) electrons. The van der Waals surface area contributed by atoms with E-state index in [1.807, 2.05) is 13.5 Å². The van der Waals surface area contributed by atoms with Crippen LogP contribution in [0.15, 0.2) is 12.7 Å². The van der Waals surface area contributed by atoms with Gasteiger partial charge in [-0.1, -0.05) is 6.58 Å². The van der Waals surface area contributed by atoms with Gasteiger partial charge in [-0.05, 0) is 25.9 Å². The lowest BCUT2D eigenvalue weighted by molar-refractivity contribution is -0.137. The standard InChI is InChI=1S/C10H20O4Si/c1-5-10(11)13-8-7-9-15(4,12-3)14-6-2/h5H,1,6-9H2,2-4H3. The summed E-state index contributed by atoms with van der Waals surface area (Å²) in [5.74, 6) is -0.382. The second-order valence-electron chi connectivity index (χ2n) is 3.25. The first kappa shape index (κ1) is 14.3. The lowest BCUT2D eigenvalue weighted by Crippen LogP contribution is -2.37. The van der Waals surface area contributed by atoms with Crippen LogP contribution in [-0.4, -0.2) is 34.9 Å². The van der Waals surface area contributed by atoms with E-state index in [9.17, 15) is 4.79 Å². The molecular formula is C10H20O4Si. The molecule has 0 aromatic carbocycles. The molecule has 0 rings (SSSR count). The third-order valence-corrected chi connectivity index (χ3v) is 5.09. The van der Waals surface area contributed by atoms with Gasteiger partial charge in [-0.25, -0.2) is 4.79 Å². The Labute approximate surface area is 92.5 Å². The Hall–Kier alpha value is -0.653. The molecule has 4 nitrogen and oxygen atoms in total. The van der Waals surface area contributed by atoms with Crippen LogP contribution in [0, 0.1) is 0 Å². The highest BCUT2D eigenvalue weighted by Gasteiger charge is 2.28. The molecule has 15 heavy (non-hydrogen) atoms. The maximum atomic E-state index is 10.7. The molecule has 0 aromatic rings. The van der Waals surface area contributed by atoms with Crippen LogP contribution in [0.3, 0.4) is 0 Å². The van der Waals surface area contributed by atoms with Crippen LogP contribution in [0.2, 0.25) is 12.6 Å². The van der Waals surface area contributed by atoms with Crippen LogP contribution in [0.4, 0.5) is 0 Å². The van der Waals surface area contributed by atoms with Crippen LogP contribution in [0.1, 0.15) is 13.3 Å². The topological polar surface area (TPSA) is 44.8 Å². The fraction of sp³-hybridized carbons (Fsp3) is 0.700. The lowest BCUT2D eigenvalue weighted by Gasteiger charge is -2.24. The fourth-order valence-corrected chi connectivity index (χ4v) is 3.03. The summed E-state index contributed by atoms with van der Waals surface area (Å²) >= 11 is 0. The molecule has 1 atom stereocenters. The van der Waals surface area contributed by atoms with Crippen LogP contribution < -0.4 is 0 Å². The molecule has 0 saturated heterocycles. The van der Waals surface area contributed by atoms with E-state index < -0.39 is 8.56 Å². The summed E-state index contributed by atoms with van der Waals surface area (Å²) in [5.41, 5.74) is 0. The van der Waals surface area contributed by atoms with Gasteiger partial charge in [0.2, 0.25) is 0 Å². The fourth-order valence-electron chi connectivity index (χ4n) is 1.16. The summed E-state index contributed by atoms with van der Waals surface area (Å²) in [7, 11) is -0.358. The van der Waals surface area contributed by atoms with E-state index in [0.717, 1.165) is 18.5 Å². The van der Waals surface area contributed by atoms with E-state index in [0.29, 0.717) is 13.2 Å². The zero-order valence-electron chi connectivity index (χ0n) is 9.75. The zero-order valence-corrected chi connectivity index (χ0v) is 10.7. The third-order valence-electron chi connectivity index (χ3n) is 2.07. The Bertz CT molecular complexity index is 208. The molecule has 0 amide bonds. The minimum atomic E-state index is -2.02. The molecule has 0 bridgehead atoms. The maximum absolute atomic E-state index is 10.7. The van der Waals surface area contributed by atoms with Crippen LogP contribution >= 0.6 is 0 Å². The number of esters is 1. The summed E-state index contributed by atoms with van der Waals surface area (Å²) in [6.45, 7) is 8.32. The van der Waals surface area contributed by atoms with Crippen LogP contribution in [0.25, 0.3) is 0 Å². The molecule has 0 aliphatic rings. The predicted molar refractivity (Wildman–Crippen MR) is 60.8 cm³/mol. The van der Waals surface area contributed by atoms with Crippen LogP contribution in [0.5, 0.6) is 0 Å². The van der Waals surface area contributed by atoms with Crippen molar-refractivity contribution >= 4 is 14.5 Å². The van der Waals surface area contributed by atoms with Gasteiger partial charge in [0.1, 0.15) is 0 Å². The summed E-state index contributed by atoms with van der Waals surface area (Å²) in [6.07, 6.45) is 1.92. The summed E-state index contributed by atoms with van der Waals surface area (Å²) < 4.78 is 15.8. The number of rotatable bonds is 8. The van der Waals surface area contributed by atoms with Gasteiger partial charge in [-0.3, -0.25) is 0 Å². The van der Waals surface area contributed by atoms with Crippen molar-refractivity contribution in [3.63, 3.8) is 0 Å². The van der Waals surface area contributed by atoms with E-state index in [1.165, 1.54) is 0 Å². The molecule has 0 saturated carbocycles. The second-order valence-corrected chi connectivity index (χ2v) is 6.71. The summed E-state index contributed by atoms with van der Waals surface area (Å²) in [5, 5.41) is 0. The Balaban J connectivity index is 3.72. The first-order chi connectivity index (χ1) is 7.08. The van der Waals surface area contributed by atoms with Crippen molar-refractivity contribution in [1.29, 1.82) is 0 Å². The van der Waals surface area contributed by atoms with Gasteiger partial charge >= 0.3 is 14.5 Å². The molecule has 0 N–H and O–H groups in total. The number of carbonyl (C=O) groups excluding carboxylic acids is 1. The Kier molecular flexibility index (Phi) is 7.28. The molecule has 0 aromatic heterocycles. The van der Waals surface area contributed by atoms with Gasteiger partial charge in [-0.15, -0.1) is 0 Å². The molecule has 88 valence electrons. The maximum Gasteiger partial charge on any atom is 0.334 e. The molecule has 0 heterocycles. The van der Waals surface area contributed by atoms with Crippen molar-refractivity contribution in [3.05, 3.63) is 12.7 Å². The van der Waals surface area contributed by atoms with Gasteiger partial charge < -0.3 is 13.6 Å². The second kappa shape index (κ2) is 7.61. The number of hydrogen-bond acceptors (Lipinski definition) is 4. The molecule has 1 unspecified atom stereocenters. The van der Waals surface area contributed by atoms with Gasteiger partial charge in [0.15, 0.2) is 0 Å². The van der Waals surface area contributed by atoms with Crippen molar-refractivity contribution < 1.29 is 18.4 Å². The summed E-state index contributed by atoms with van der Waals surface area (Å²) in [4.78, 5) is 10.7. The minimum Gasteiger partial charge on any atom is -0.463 e. The van der Waals surface area contributed by atoms with Gasteiger partial charge in [-0.2, -0.15) is 0 Å². The Morgan fingerprint density at radius 2 is 2.20 bits per heavy atom. The van der Waals surface area contributed by atoms with Crippen molar-refractivity contribution in [2.24, 2.45) is 0 Å². The van der Waals surface area contributed by atoms with E-state index >= 15 is 0 Å². The monoisotopic (exact) mass is 232 g/mol. The Morgan fingerprint density at radius 1 is 1.53 bits per heavy atom. The van der Waals surface area contributed by atoms with E-state index in [1.54, 1.807) is 7.11 Å². The highest BCUT2D eigenvalue weighted by atomic mass is 28.4. The predicted octanol–water partition coefficient (Wildman–Crippen LogP) is 1.86. The highest BCUT2D eigenvalue weighted by Crippen LogP contribution is 2.14. The molecule has 0 spiro atoms. The van der Waals surface area contributed by atoms with Gasteiger partial charge in [0.05, 0.1) is 6.61 Å². The van der Waals surface area contributed by atoms with Crippen molar-refractivity contribution in [2.45, 2.75) is 25.9 Å². The molecule has 0 aliphatic heterocycles. The van der Waals surface area contributed by atoms with Crippen LogP contribution in [-0.2, 0) is 18.4 Å². The SMILES string of the molecule is C=CC(=O)OCCC[Si](C)(OC)OCC. The van der Waals surface area contributed by atoms with Crippen molar-refractivity contribution in [2.75, 3.05) is 20.3 Å². The lowest BCUT2D eigenvalue weighted by atomic mass is 10.5. The normalized spacial score (nSPS) is 14.3. The number of hydrogen-bond donors (Lipinski definition) is 0. The smallest absolute Gasteiger partial charge is 0.334 e. The molecule has 5 heteroatoms. The molecule has 0 fully saturated rings. The van der Waals surface area contributed by atoms with Gasteiger partial charge in [0.25, 0.3) is 0 Å². The van der Waals surface area contributed by atoms with Gasteiger partial charge in [0, 0.05) is 19.8 Å². The first-order valence-corrected chi connectivity index (χ1v) is 7.58. The molecular weight excluding hydrogens is 212 g/mol. The number of carbonyl (C=O) groups is 1. The van der Waals surface area contributed by atoms with E-state index in [4.69, 9.17) is 13.6 Å². The average molecular weight is 232 g/mol. The minimum absolute atomic E-state index is 0.382. The average Bonchev–Trinajstić information content (AvgIpc) is 2.24. The Morgan fingerprint density at radius 3 is 2.67 bits per heavy atom. The quantitative estimate of drug-likeness (QED) is 0.277. The zero-order chi connectivity index (χ0) is 11.7. The third kappa shape index (κ3) is 6.43. The first-order valence-electron chi connectivity index (χ1n) is 5.06. The molecule has 0 aliphatic carbocycles. The van der Waals surface area contributed by atoms with E-state index in [-0.39, 0.29) is 5.97 Å². The largest absolute Gasteiger partial charge is 0.463 e. The van der Waals surface area contributed by atoms with Crippen molar-refractivity contribution in [3.8, 4) is 0 Å². The van der Waals surface area contributed by atoms with E-state index in [2.05, 4.69) is 6.58 Å². The number of ether oxygens (including phenoxy) is 1. The highest BCUT2D eigenvalue weighted by molar-refractivity contribution is 6.65. The van der Waals surface area contributed by atoms with Crippen molar-refractivity contribution in [1.82, 2.24) is 0 Å².